The molecule has 0 aliphatic heterocycles. The van der Waals surface area contributed by atoms with Gasteiger partial charge in [0.15, 0.2) is 4.77 Å². The van der Waals surface area contributed by atoms with Gasteiger partial charge in [-0.25, -0.2) is 4.39 Å². The van der Waals surface area contributed by atoms with E-state index in [1.807, 2.05) is 0 Å². The highest BCUT2D eigenvalue weighted by molar-refractivity contribution is 7.71. The van der Waals surface area contributed by atoms with Crippen LogP contribution in [-0.2, 0) is 0 Å². The quantitative estimate of drug-likeness (QED) is 0.790. The molecule has 2 rings (SSSR count). The van der Waals surface area contributed by atoms with E-state index < -0.39 is 11.4 Å². The summed E-state index contributed by atoms with van der Waals surface area (Å²) >= 11 is 10.7. The average molecular weight is 282 g/mol. The highest BCUT2D eigenvalue weighted by atomic mass is 35.5. The van der Waals surface area contributed by atoms with Crippen LogP contribution in [0.1, 0.15) is 5.56 Å². The summed E-state index contributed by atoms with van der Waals surface area (Å²) in [5.41, 5.74) is -1.02. The molecule has 1 aromatic heterocycles. The third kappa shape index (κ3) is 2.06. The molecule has 0 fully saturated rings. The Morgan fingerprint density at radius 3 is 2.72 bits per heavy atom. The molecule has 0 spiro atoms. The van der Waals surface area contributed by atoms with E-state index in [0.717, 1.165) is 0 Å². The topological polar surface area (TPSA) is 72.4 Å². The van der Waals surface area contributed by atoms with Crippen molar-refractivity contribution < 1.29 is 4.39 Å². The van der Waals surface area contributed by atoms with Crippen molar-refractivity contribution in [3.8, 4) is 17.3 Å². The number of aromatic nitrogens is 2. The molecule has 0 aliphatic rings. The molecule has 0 bridgehead atoms. The van der Waals surface area contributed by atoms with E-state index in [1.165, 1.54) is 18.2 Å². The fourth-order valence-electron chi connectivity index (χ4n) is 1.52. The van der Waals surface area contributed by atoms with Gasteiger partial charge in [0.05, 0.1) is 16.3 Å². The molecule has 2 aromatic rings. The van der Waals surface area contributed by atoms with Gasteiger partial charge < -0.3 is 4.98 Å². The zero-order chi connectivity index (χ0) is 13.3. The van der Waals surface area contributed by atoms with Crippen molar-refractivity contribution in [1.29, 1.82) is 5.26 Å². The smallest absolute Gasteiger partial charge is 0.270 e. The Morgan fingerprint density at radius 2 is 2.11 bits per heavy atom. The van der Waals surface area contributed by atoms with E-state index in [2.05, 4.69) is 9.97 Å². The number of nitrogens with one attached hydrogen (secondary N) is 2. The molecule has 1 aromatic carbocycles. The highest BCUT2D eigenvalue weighted by Gasteiger charge is 2.16. The van der Waals surface area contributed by atoms with Gasteiger partial charge in [0.1, 0.15) is 17.4 Å². The van der Waals surface area contributed by atoms with Crippen molar-refractivity contribution in [2.75, 3.05) is 0 Å². The second-order valence-corrected chi connectivity index (χ2v) is 4.18. The molecule has 7 heteroatoms. The second-order valence-electron chi connectivity index (χ2n) is 3.37. The average Bonchev–Trinajstić information content (AvgIpc) is 2.28. The van der Waals surface area contributed by atoms with E-state index in [0.29, 0.717) is 0 Å². The summed E-state index contributed by atoms with van der Waals surface area (Å²) < 4.78 is 13.7. The van der Waals surface area contributed by atoms with Crippen LogP contribution in [0, 0.1) is 21.9 Å². The predicted octanol–water partition coefficient (Wildman–Crippen LogP) is 2.76. The lowest BCUT2D eigenvalue weighted by Gasteiger charge is -2.07. The number of H-pyrrole nitrogens is 2. The zero-order valence-corrected chi connectivity index (χ0v) is 10.3. The number of nitrogens with zero attached hydrogens (tertiary/aromatic N) is 1. The van der Waals surface area contributed by atoms with E-state index in [4.69, 9.17) is 29.1 Å². The molecular formula is C11H5ClFN3OS. The number of aromatic amines is 2. The number of hydrogen-bond donors (Lipinski definition) is 2. The summed E-state index contributed by atoms with van der Waals surface area (Å²) in [4.78, 5) is 16.4. The Bertz CT molecular complexity index is 755. The summed E-state index contributed by atoms with van der Waals surface area (Å²) in [6, 6.07) is 5.76. The standard InChI is InChI=1S/C11H5ClFN3OS/c12-6-2-1-3-7(13)8(6)9-5(4-14)10(17)16-11(18)15-9/h1-3H,(H2,15,16,17,18). The number of hydrogen-bond acceptors (Lipinski definition) is 3. The lowest BCUT2D eigenvalue weighted by atomic mass is 10.1. The molecule has 0 saturated heterocycles. The molecule has 0 aliphatic carbocycles. The third-order valence-electron chi connectivity index (χ3n) is 2.27. The summed E-state index contributed by atoms with van der Waals surface area (Å²) in [5.74, 6) is -0.643. The normalized spacial score (nSPS) is 10.1. The number of nitriles is 1. The third-order valence-corrected chi connectivity index (χ3v) is 2.79. The van der Waals surface area contributed by atoms with Gasteiger partial charge in [-0.05, 0) is 24.4 Å². The fourth-order valence-corrected chi connectivity index (χ4v) is 1.97. The Kier molecular flexibility index (Phi) is 3.28. The Labute approximate surface area is 111 Å². The van der Waals surface area contributed by atoms with Gasteiger partial charge in [0.2, 0.25) is 0 Å². The number of halogens is 2. The lowest BCUT2D eigenvalue weighted by Crippen LogP contribution is -2.14. The fraction of sp³-hybridized carbons (Fsp3) is 0. The van der Waals surface area contributed by atoms with Crippen LogP contribution in [0.2, 0.25) is 5.02 Å². The van der Waals surface area contributed by atoms with Crippen LogP contribution < -0.4 is 5.56 Å². The van der Waals surface area contributed by atoms with Crippen molar-refractivity contribution >= 4 is 23.8 Å². The SMILES string of the molecule is N#Cc1c(-c2c(F)cccc2Cl)[nH]c(=S)[nH]c1=O. The number of benzene rings is 1. The molecule has 90 valence electrons. The van der Waals surface area contributed by atoms with Crippen LogP contribution >= 0.6 is 23.8 Å². The van der Waals surface area contributed by atoms with Crippen molar-refractivity contribution in [1.82, 2.24) is 9.97 Å². The summed E-state index contributed by atoms with van der Waals surface area (Å²) in [6.45, 7) is 0. The Morgan fingerprint density at radius 1 is 1.39 bits per heavy atom. The van der Waals surface area contributed by atoms with E-state index in [1.54, 1.807) is 6.07 Å². The monoisotopic (exact) mass is 281 g/mol. The van der Waals surface area contributed by atoms with Crippen LogP contribution in [-0.4, -0.2) is 9.97 Å². The minimum Gasteiger partial charge on any atom is -0.331 e. The van der Waals surface area contributed by atoms with E-state index >= 15 is 0 Å². The van der Waals surface area contributed by atoms with Gasteiger partial charge >= 0.3 is 0 Å². The molecule has 1 heterocycles. The van der Waals surface area contributed by atoms with Gasteiger partial charge in [-0.1, -0.05) is 17.7 Å². The molecule has 2 N–H and O–H groups in total. The van der Waals surface area contributed by atoms with Crippen molar-refractivity contribution in [2.24, 2.45) is 0 Å². The van der Waals surface area contributed by atoms with Crippen molar-refractivity contribution in [3.63, 3.8) is 0 Å². The minimum absolute atomic E-state index is 0.00619. The van der Waals surface area contributed by atoms with Crippen LogP contribution in [0.4, 0.5) is 4.39 Å². The molecule has 18 heavy (non-hydrogen) atoms. The first kappa shape index (κ1) is 12.5. The molecule has 4 nitrogen and oxygen atoms in total. The van der Waals surface area contributed by atoms with Crippen LogP contribution in [0.5, 0.6) is 0 Å². The predicted molar refractivity (Wildman–Crippen MR) is 67.4 cm³/mol. The van der Waals surface area contributed by atoms with Crippen LogP contribution in [0.15, 0.2) is 23.0 Å². The van der Waals surface area contributed by atoms with Gasteiger partial charge in [-0.3, -0.25) is 9.78 Å². The first-order chi connectivity index (χ1) is 8.54. The minimum atomic E-state index is -0.685. The molecule has 0 atom stereocenters. The van der Waals surface area contributed by atoms with E-state index in [-0.39, 0.29) is 26.6 Å². The molecule has 0 radical (unpaired) electrons. The van der Waals surface area contributed by atoms with Gasteiger partial charge in [-0.15, -0.1) is 0 Å². The van der Waals surface area contributed by atoms with Crippen LogP contribution in [0.3, 0.4) is 0 Å². The summed E-state index contributed by atoms with van der Waals surface area (Å²) in [6.07, 6.45) is 0. The summed E-state index contributed by atoms with van der Waals surface area (Å²) in [5, 5.41) is 9.03. The van der Waals surface area contributed by atoms with E-state index in [9.17, 15) is 9.18 Å². The zero-order valence-electron chi connectivity index (χ0n) is 8.75. The lowest BCUT2D eigenvalue weighted by molar-refractivity contribution is 0.630. The molecule has 0 amide bonds. The summed E-state index contributed by atoms with van der Waals surface area (Å²) in [7, 11) is 0. The van der Waals surface area contributed by atoms with Crippen LogP contribution in [0.25, 0.3) is 11.3 Å². The molecule has 0 saturated carbocycles. The molecule has 0 unspecified atom stereocenters. The maximum Gasteiger partial charge on any atom is 0.270 e. The van der Waals surface area contributed by atoms with Crippen molar-refractivity contribution in [2.45, 2.75) is 0 Å². The highest BCUT2D eigenvalue weighted by Crippen LogP contribution is 2.29. The maximum absolute atomic E-state index is 13.8. The Balaban J connectivity index is 2.93. The van der Waals surface area contributed by atoms with Gasteiger partial charge in [0, 0.05) is 0 Å². The maximum atomic E-state index is 13.8. The Hall–Kier alpha value is -1.97. The largest absolute Gasteiger partial charge is 0.331 e. The van der Waals surface area contributed by atoms with Gasteiger partial charge in [-0.2, -0.15) is 5.26 Å². The van der Waals surface area contributed by atoms with Crippen molar-refractivity contribution in [3.05, 3.63) is 49.7 Å². The van der Waals surface area contributed by atoms with Gasteiger partial charge in [0.25, 0.3) is 5.56 Å². The first-order valence-corrected chi connectivity index (χ1v) is 5.54. The first-order valence-electron chi connectivity index (χ1n) is 4.75. The number of rotatable bonds is 1. The second kappa shape index (κ2) is 4.72. The molecular weight excluding hydrogens is 277 g/mol.